The van der Waals surface area contributed by atoms with E-state index in [1.807, 2.05) is 24.3 Å². The Balaban J connectivity index is 1.74. The number of hydrogen-bond acceptors (Lipinski definition) is 3. The number of anilines is 3. The molecule has 3 nitrogen and oxygen atoms in total. The maximum atomic E-state index is 13.6. The van der Waals surface area contributed by atoms with Crippen LogP contribution < -0.4 is 10.2 Å². The van der Waals surface area contributed by atoms with Crippen LogP contribution in [-0.2, 0) is 0 Å². The number of benzene rings is 1. The van der Waals surface area contributed by atoms with Gasteiger partial charge in [-0.25, -0.2) is 9.37 Å². The first-order valence-electron chi connectivity index (χ1n) is 6.65. The molecule has 5 heteroatoms. The van der Waals surface area contributed by atoms with Crippen LogP contribution in [0.4, 0.5) is 21.6 Å². The fourth-order valence-corrected chi connectivity index (χ4v) is 2.52. The molecule has 3 rings (SSSR count). The zero-order chi connectivity index (χ0) is 13.9. The molecule has 1 aliphatic heterocycles. The molecule has 0 spiro atoms. The van der Waals surface area contributed by atoms with Crippen molar-refractivity contribution in [1.82, 2.24) is 4.98 Å². The Bertz CT molecular complexity index is 595. The molecule has 1 aromatic carbocycles. The molecule has 20 heavy (non-hydrogen) atoms. The molecule has 1 aromatic heterocycles. The summed E-state index contributed by atoms with van der Waals surface area (Å²) in [5, 5.41) is 3.24. The number of hydrogen-bond donors (Lipinski definition) is 1. The van der Waals surface area contributed by atoms with Gasteiger partial charge in [-0.3, -0.25) is 0 Å². The van der Waals surface area contributed by atoms with E-state index in [2.05, 4.69) is 15.2 Å². The van der Waals surface area contributed by atoms with Gasteiger partial charge in [0.25, 0.3) is 0 Å². The smallest absolute Gasteiger partial charge is 0.167 e. The Morgan fingerprint density at radius 3 is 2.50 bits per heavy atom. The molecular formula is C15H15ClFN3. The van der Waals surface area contributed by atoms with Crippen molar-refractivity contribution in [2.45, 2.75) is 12.8 Å². The van der Waals surface area contributed by atoms with Gasteiger partial charge in [-0.1, -0.05) is 11.6 Å². The third-order valence-electron chi connectivity index (χ3n) is 3.41. The van der Waals surface area contributed by atoms with Gasteiger partial charge in [0, 0.05) is 30.7 Å². The van der Waals surface area contributed by atoms with E-state index in [9.17, 15) is 4.39 Å². The lowest BCUT2D eigenvalue weighted by Gasteiger charge is -2.18. The molecule has 0 aliphatic carbocycles. The fourth-order valence-electron chi connectivity index (χ4n) is 2.37. The van der Waals surface area contributed by atoms with Crippen LogP contribution >= 0.6 is 11.6 Å². The van der Waals surface area contributed by atoms with Gasteiger partial charge in [-0.05, 0) is 43.2 Å². The molecule has 2 heterocycles. The predicted molar refractivity (Wildman–Crippen MR) is 80.4 cm³/mol. The van der Waals surface area contributed by atoms with Crippen LogP contribution in [0.5, 0.6) is 0 Å². The van der Waals surface area contributed by atoms with Gasteiger partial charge in [0.1, 0.15) is 0 Å². The van der Waals surface area contributed by atoms with E-state index >= 15 is 0 Å². The molecule has 1 N–H and O–H groups in total. The van der Waals surface area contributed by atoms with Gasteiger partial charge in [-0.15, -0.1) is 0 Å². The fraction of sp³-hybridized carbons (Fsp3) is 0.267. The van der Waals surface area contributed by atoms with Crippen LogP contribution in [-0.4, -0.2) is 18.1 Å². The lowest BCUT2D eigenvalue weighted by Crippen LogP contribution is -2.17. The molecule has 1 fully saturated rings. The molecule has 0 amide bonds. The Kier molecular flexibility index (Phi) is 3.74. The third-order valence-corrected chi connectivity index (χ3v) is 3.62. The molecule has 0 saturated carbocycles. The Morgan fingerprint density at radius 1 is 1.15 bits per heavy atom. The van der Waals surface area contributed by atoms with Gasteiger partial charge >= 0.3 is 0 Å². The summed E-state index contributed by atoms with van der Waals surface area (Å²) >= 11 is 5.68. The van der Waals surface area contributed by atoms with Gasteiger partial charge in [0.15, 0.2) is 11.6 Å². The number of pyridine rings is 1. The SMILES string of the molecule is Fc1cc(Cl)cnc1Nc1ccc(N2CCCC2)cc1. The number of halogens is 2. The van der Waals surface area contributed by atoms with Gasteiger partial charge < -0.3 is 10.2 Å². The van der Waals surface area contributed by atoms with Gasteiger partial charge in [0.2, 0.25) is 0 Å². The van der Waals surface area contributed by atoms with Crippen LogP contribution in [0.25, 0.3) is 0 Å². The summed E-state index contributed by atoms with van der Waals surface area (Å²) in [6, 6.07) is 9.20. The second-order valence-corrected chi connectivity index (χ2v) is 5.29. The molecule has 0 unspecified atom stereocenters. The molecule has 104 valence electrons. The monoisotopic (exact) mass is 291 g/mol. The maximum absolute atomic E-state index is 13.6. The lowest BCUT2D eigenvalue weighted by atomic mass is 10.2. The summed E-state index contributed by atoms with van der Waals surface area (Å²) in [6.45, 7) is 2.22. The normalized spacial score (nSPS) is 14.6. The van der Waals surface area contributed by atoms with Gasteiger partial charge in [0.05, 0.1) is 5.02 Å². The van der Waals surface area contributed by atoms with Gasteiger partial charge in [-0.2, -0.15) is 0 Å². The highest BCUT2D eigenvalue weighted by Gasteiger charge is 2.12. The van der Waals surface area contributed by atoms with E-state index < -0.39 is 5.82 Å². The van der Waals surface area contributed by atoms with E-state index in [4.69, 9.17) is 11.6 Å². The standard InChI is InChI=1S/C15H15ClFN3/c16-11-9-14(17)15(18-10-11)19-12-3-5-13(6-4-12)20-7-1-2-8-20/h3-6,9-10H,1-2,7-8H2,(H,18,19). The minimum Gasteiger partial charge on any atom is -0.372 e. The first kappa shape index (κ1) is 13.2. The summed E-state index contributed by atoms with van der Waals surface area (Å²) in [5.74, 6) is -0.274. The van der Waals surface area contributed by atoms with E-state index in [0.29, 0.717) is 0 Å². The van der Waals surface area contributed by atoms with E-state index in [0.717, 1.165) is 18.8 Å². The first-order chi connectivity index (χ1) is 9.72. The molecular weight excluding hydrogens is 277 g/mol. The van der Waals surface area contributed by atoms with Crippen molar-refractivity contribution < 1.29 is 4.39 Å². The minimum absolute atomic E-state index is 0.184. The van der Waals surface area contributed by atoms with Crippen molar-refractivity contribution in [3.63, 3.8) is 0 Å². The lowest BCUT2D eigenvalue weighted by molar-refractivity contribution is 0.626. The summed E-state index contributed by atoms with van der Waals surface area (Å²) in [7, 11) is 0. The van der Waals surface area contributed by atoms with Crippen molar-refractivity contribution in [2.24, 2.45) is 0 Å². The number of nitrogens with one attached hydrogen (secondary N) is 1. The molecule has 1 aliphatic rings. The molecule has 1 saturated heterocycles. The maximum Gasteiger partial charge on any atom is 0.167 e. The van der Waals surface area contributed by atoms with Crippen LogP contribution in [0.1, 0.15) is 12.8 Å². The highest BCUT2D eigenvalue weighted by Crippen LogP contribution is 2.24. The minimum atomic E-state index is -0.457. The Hall–Kier alpha value is -1.81. The number of rotatable bonds is 3. The Labute approximate surface area is 122 Å². The zero-order valence-electron chi connectivity index (χ0n) is 10.9. The zero-order valence-corrected chi connectivity index (χ0v) is 11.7. The van der Waals surface area contributed by atoms with Crippen LogP contribution in [0.3, 0.4) is 0 Å². The third kappa shape index (κ3) is 2.85. The quantitative estimate of drug-likeness (QED) is 0.918. The van der Waals surface area contributed by atoms with Crippen molar-refractivity contribution in [1.29, 1.82) is 0 Å². The largest absolute Gasteiger partial charge is 0.372 e. The molecule has 0 bridgehead atoms. The first-order valence-corrected chi connectivity index (χ1v) is 7.03. The summed E-state index contributed by atoms with van der Waals surface area (Å²) in [4.78, 5) is 6.30. The van der Waals surface area contributed by atoms with Crippen molar-refractivity contribution in [3.8, 4) is 0 Å². The highest BCUT2D eigenvalue weighted by molar-refractivity contribution is 6.30. The predicted octanol–water partition coefficient (Wildman–Crippen LogP) is 4.22. The average molecular weight is 292 g/mol. The number of aromatic nitrogens is 1. The molecule has 0 atom stereocenters. The second-order valence-electron chi connectivity index (χ2n) is 4.85. The van der Waals surface area contributed by atoms with E-state index in [1.54, 1.807) is 0 Å². The molecule has 0 radical (unpaired) electrons. The van der Waals surface area contributed by atoms with Crippen LogP contribution in [0.15, 0.2) is 36.5 Å². The Morgan fingerprint density at radius 2 is 1.85 bits per heavy atom. The number of nitrogens with zero attached hydrogens (tertiary/aromatic N) is 2. The molecule has 2 aromatic rings. The van der Waals surface area contributed by atoms with Crippen molar-refractivity contribution >= 4 is 28.8 Å². The second kappa shape index (κ2) is 5.67. The van der Waals surface area contributed by atoms with Crippen LogP contribution in [0, 0.1) is 5.82 Å². The summed E-state index contributed by atoms with van der Waals surface area (Å²) < 4.78 is 13.6. The van der Waals surface area contributed by atoms with E-state index in [1.165, 1.54) is 30.8 Å². The van der Waals surface area contributed by atoms with Crippen LogP contribution in [0.2, 0.25) is 5.02 Å². The van der Waals surface area contributed by atoms with E-state index in [-0.39, 0.29) is 10.8 Å². The van der Waals surface area contributed by atoms with Crippen molar-refractivity contribution in [2.75, 3.05) is 23.3 Å². The topological polar surface area (TPSA) is 28.2 Å². The highest BCUT2D eigenvalue weighted by atomic mass is 35.5. The van der Waals surface area contributed by atoms with Crippen molar-refractivity contribution in [3.05, 3.63) is 47.4 Å². The summed E-state index contributed by atoms with van der Waals surface area (Å²) in [6.07, 6.45) is 3.92. The summed E-state index contributed by atoms with van der Waals surface area (Å²) in [5.41, 5.74) is 2.01. The average Bonchev–Trinajstić information content (AvgIpc) is 2.97.